The van der Waals surface area contributed by atoms with E-state index in [1.807, 2.05) is 43.3 Å². The molecule has 0 amide bonds. The second-order valence-corrected chi connectivity index (χ2v) is 7.94. The van der Waals surface area contributed by atoms with Crippen LogP contribution in [0.15, 0.2) is 63.3 Å². The molecule has 0 spiro atoms. The third-order valence-corrected chi connectivity index (χ3v) is 5.88. The van der Waals surface area contributed by atoms with E-state index >= 15 is 0 Å². The van der Waals surface area contributed by atoms with Crippen molar-refractivity contribution in [3.05, 3.63) is 81.4 Å². The summed E-state index contributed by atoms with van der Waals surface area (Å²) in [5.74, 6) is -1.08. The number of benzene rings is 1. The number of carbonyl (C=O) groups is 1. The highest BCUT2D eigenvalue weighted by atomic mass is 16.5. The van der Waals surface area contributed by atoms with Crippen molar-refractivity contribution in [1.29, 1.82) is 0 Å². The van der Waals surface area contributed by atoms with Crippen molar-refractivity contribution in [3.63, 3.8) is 0 Å². The van der Waals surface area contributed by atoms with Crippen molar-refractivity contribution in [2.75, 3.05) is 0 Å². The average molecular weight is 392 g/mol. The predicted molar refractivity (Wildman–Crippen MR) is 110 cm³/mol. The van der Waals surface area contributed by atoms with Gasteiger partial charge in [0.25, 0.3) is 0 Å². The van der Waals surface area contributed by atoms with Gasteiger partial charge in [0.1, 0.15) is 29.1 Å². The average Bonchev–Trinajstić information content (AvgIpc) is 2.70. The molecule has 1 saturated carbocycles. The summed E-state index contributed by atoms with van der Waals surface area (Å²) in [4.78, 5) is 24.5. The molecule has 5 nitrogen and oxygen atoms in total. The molecule has 29 heavy (non-hydrogen) atoms. The van der Waals surface area contributed by atoms with Gasteiger partial charge in [0.05, 0.1) is 0 Å². The summed E-state index contributed by atoms with van der Waals surface area (Å²) in [6.07, 6.45) is 4.67. The molecule has 0 bridgehead atoms. The molecule has 1 aliphatic carbocycles. The van der Waals surface area contributed by atoms with Gasteiger partial charge >= 0.3 is 11.6 Å². The Morgan fingerprint density at radius 3 is 2.76 bits per heavy atom. The highest BCUT2D eigenvalue weighted by Crippen LogP contribution is 2.40. The van der Waals surface area contributed by atoms with Crippen molar-refractivity contribution >= 4 is 12.0 Å². The fourth-order valence-electron chi connectivity index (χ4n) is 4.16. The number of allylic oxidation sites excluding steroid dienone is 1. The van der Waals surface area contributed by atoms with Crippen LogP contribution < -0.4 is 10.4 Å². The van der Waals surface area contributed by atoms with Crippen LogP contribution in [0.3, 0.4) is 0 Å². The van der Waals surface area contributed by atoms with E-state index in [2.05, 4.69) is 6.58 Å². The van der Waals surface area contributed by atoms with Gasteiger partial charge in [-0.05, 0) is 55.7 Å². The quantitative estimate of drug-likeness (QED) is 0.754. The summed E-state index contributed by atoms with van der Waals surface area (Å²) < 4.78 is 11.6. The van der Waals surface area contributed by atoms with Gasteiger partial charge in [0.15, 0.2) is 0 Å². The van der Waals surface area contributed by atoms with Crippen molar-refractivity contribution in [3.8, 4) is 5.75 Å². The van der Waals surface area contributed by atoms with Gasteiger partial charge < -0.3 is 14.3 Å². The van der Waals surface area contributed by atoms with E-state index in [9.17, 15) is 14.7 Å². The molecule has 0 saturated heterocycles. The van der Waals surface area contributed by atoms with Crippen LogP contribution in [0.5, 0.6) is 5.75 Å². The third-order valence-electron chi connectivity index (χ3n) is 5.88. The van der Waals surface area contributed by atoms with Gasteiger partial charge in [-0.3, -0.25) is 4.79 Å². The highest BCUT2D eigenvalue weighted by Gasteiger charge is 2.33. The fourth-order valence-corrected chi connectivity index (χ4v) is 4.16. The lowest BCUT2D eigenvalue weighted by molar-refractivity contribution is -0.139. The summed E-state index contributed by atoms with van der Waals surface area (Å²) >= 11 is 0. The number of fused-ring (bicyclic) bond motifs is 2. The van der Waals surface area contributed by atoms with Crippen LogP contribution in [0.4, 0.5) is 0 Å². The minimum Gasteiger partial charge on any atom is -0.485 e. The van der Waals surface area contributed by atoms with Gasteiger partial charge in [-0.15, -0.1) is 0 Å². The van der Waals surface area contributed by atoms with E-state index in [1.54, 1.807) is 6.07 Å². The predicted octanol–water partition coefficient (Wildman–Crippen LogP) is 4.57. The highest BCUT2D eigenvalue weighted by molar-refractivity contribution is 5.76. The molecule has 3 atom stereocenters. The summed E-state index contributed by atoms with van der Waals surface area (Å²) in [7, 11) is 0. The van der Waals surface area contributed by atoms with E-state index in [0.717, 1.165) is 36.0 Å². The van der Waals surface area contributed by atoms with E-state index in [0.29, 0.717) is 17.2 Å². The van der Waals surface area contributed by atoms with Crippen molar-refractivity contribution in [2.45, 2.75) is 44.6 Å². The standard InChI is InChI=1S/C24H24O5/c1-14(2)16-8-9-17-11-19-22(28-20(17)12-16)13-21(29-24(19)27)18(23(25)26)10-15-6-4-3-5-7-15/h3-7,11,13,16,18,20H,1,8-10,12H2,2H3,(H,25,26). The largest absolute Gasteiger partial charge is 0.485 e. The maximum atomic E-state index is 12.6. The fraction of sp³-hybridized carbons (Fsp3) is 0.333. The van der Waals surface area contributed by atoms with E-state index in [4.69, 9.17) is 9.15 Å². The minimum absolute atomic E-state index is 0.106. The second kappa shape index (κ2) is 7.74. The molecule has 1 aliphatic heterocycles. The van der Waals surface area contributed by atoms with Gasteiger partial charge in [0, 0.05) is 6.07 Å². The number of rotatable bonds is 5. The Balaban J connectivity index is 1.67. The lowest BCUT2D eigenvalue weighted by Gasteiger charge is -2.35. The molecular weight excluding hydrogens is 368 g/mol. The minimum atomic E-state index is -1.04. The molecule has 1 aromatic heterocycles. The number of carboxylic acids is 1. The molecular formula is C24H24O5. The first kappa shape index (κ1) is 19.2. The first-order valence-electron chi connectivity index (χ1n) is 9.89. The van der Waals surface area contributed by atoms with Crippen LogP contribution in [0.1, 0.15) is 49.0 Å². The molecule has 2 heterocycles. The maximum absolute atomic E-state index is 12.6. The molecule has 3 unspecified atom stereocenters. The first-order valence-corrected chi connectivity index (χ1v) is 9.89. The maximum Gasteiger partial charge on any atom is 0.347 e. The van der Waals surface area contributed by atoms with Crippen molar-refractivity contribution in [1.82, 2.24) is 0 Å². The van der Waals surface area contributed by atoms with Crippen LogP contribution >= 0.6 is 0 Å². The lowest BCUT2D eigenvalue weighted by Crippen LogP contribution is -2.32. The lowest BCUT2D eigenvalue weighted by atomic mass is 9.79. The Kier molecular flexibility index (Phi) is 5.14. The van der Waals surface area contributed by atoms with Crippen LogP contribution in [0.2, 0.25) is 0 Å². The molecule has 0 radical (unpaired) electrons. The Morgan fingerprint density at radius 1 is 1.31 bits per heavy atom. The number of hydrogen-bond acceptors (Lipinski definition) is 4. The second-order valence-electron chi connectivity index (χ2n) is 7.94. The molecule has 2 aromatic rings. The van der Waals surface area contributed by atoms with Gasteiger partial charge in [-0.2, -0.15) is 0 Å². The number of aliphatic carboxylic acids is 1. The molecule has 1 aromatic carbocycles. The van der Waals surface area contributed by atoms with Crippen molar-refractivity contribution < 1.29 is 19.1 Å². The molecule has 150 valence electrons. The molecule has 1 N–H and O–H groups in total. The van der Waals surface area contributed by atoms with Gasteiger partial charge in [-0.1, -0.05) is 42.5 Å². The number of carboxylic acid groups (broad SMARTS) is 1. The van der Waals surface area contributed by atoms with Crippen LogP contribution in [-0.2, 0) is 11.2 Å². The van der Waals surface area contributed by atoms with E-state index < -0.39 is 17.5 Å². The van der Waals surface area contributed by atoms with Crippen LogP contribution in [0.25, 0.3) is 6.08 Å². The Bertz CT molecular complexity index is 1030. The summed E-state index contributed by atoms with van der Waals surface area (Å²) in [6, 6.07) is 10.9. The smallest absolute Gasteiger partial charge is 0.347 e. The Morgan fingerprint density at radius 2 is 2.07 bits per heavy atom. The SMILES string of the molecule is C=C(C)C1CCC2=Cc3c(cc(C(Cc4ccccc4)C(=O)O)oc3=O)OC2C1. The molecule has 1 fully saturated rings. The topological polar surface area (TPSA) is 76.7 Å². The van der Waals surface area contributed by atoms with E-state index in [-0.39, 0.29) is 18.3 Å². The molecule has 4 rings (SSSR count). The van der Waals surface area contributed by atoms with Gasteiger partial charge in [0.2, 0.25) is 0 Å². The monoisotopic (exact) mass is 392 g/mol. The van der Waals surface area contributed by atoms with Crippen molar-refractivity contribution in [2.24, 2.45) is 5.92 Å². The Hall–Kier alpha value is -3.08. The summed E-state index contributed by atoms with van der Waals surface area (Å²) in [6.45, 7) is 6.10. The third kappa shape index (κ3) is 3.90. The number of hydrogen-bond donors (Lipinski definition) is 1. The molecule has 5 heteroatoms. The van der Waals surface area contributed by atoms with Crippen LogP contribution in [-0.4, -0.2) is 17.2 Å². The zero-order valence-corrected chi connectivity index (χ0v) is 16.4. The first-order chi connectivity index (χ1) is 13.9. The normalized spacial score (nSPS) is 21.2. The Labute approximate surface area is 169 Å². The van der Waals surface area contributed by atoms with E-state index in [1.165, 1.54) is 0 Å². The van der Waals surface area contributed by atoms with Crippen LogP contribution in [0, 0.1) is 5.92 Å². The zero-order valence-electron chi connectivity index (χ0n) is 16.4. The summed E-state index contributed by atoms with van der Waals surface area (Å²) in [5, 5.41) is 9.74. The van der Waals surface area contributed by atoms with Gasteiger partial charge in [-0.25, -0.2) is 4.79 Å². The number of ether oxygens (including phenoxy) is 1. The zero-order chi connectivity index (χ0) is 20.5. The summed E-state index contributed by atoms with van der Waals surface area (Å²) in [5.41, 5.74) is 2.91. The molecule has 2 aliphatic rings.